The largest absolute Gasteiger partial charge is 0.340 e. The number of nitrogens with zero attached hydrogens (tertiary/aromatic N) is 2. The van der Waals surface area contributed by atoms with E-state index >= 15 is 0 Å². The molecule has 5 nitrogen and oxygen atoms in total. The van der Waals surface area contributed by atoms with Crippen molar-refractivity contribution in [2.24, 2.45) is 5.84 Å². The number of nitrogens with one attached hydrogen (secondary N) is 2. The predicted octanol–water partition coefficient (Wildman–Crippen LogP) is 2.69. The number of nitrogens with two attached hydrogens (primary N) is 1. The van der Waals surface area contributed by atoms with Crippen LogP contribution in [0.1, 0.15) is 30.1 Å². The third-order valence-corrected chi connectivity index (χ3v) is 3.16. The minimum Gasteiger partial charge on any atom is -0.340 e. The van der Waals surface area contributed by atoms with Gasteiger partial charge in [-0.3, -0.25) is 0 Å². The molecule has 19 heavy (non-hydrogen) atoms. The molecule has 1 fully saturated rings. The van der Waals surface area contributed by atoms with Crippen LogP contribution in [0.4, 0.5) is 17.3 Å². The molecule has 0 amide bonds. The second-order valence-corrected chi connectivity index (χ2v) is 4.91. The van der Waals surface area contributed by atoms with Crippen LogP contribution in [-0.4, -0.2) is 9.97 Å². The zero-order valence-electron chi connectivity index (χ0n) is 10.9. The van der Waals surface area contributed by atoms with E-state index in [9.17, 15) is 0 Å². The van der Waals surface area contributed by atoms with Gasteiger partial charge in [0.1, 0.15) is 17.5 Å². The van der Waals surface area contributed by atoms with Crippen molar-refractivity contribution in [3.8, 4) is 0 Å². The van der Waals surface area contributed by atoms with Crippen molar-refractivity contribution in [2.75, 3.05) is 10.7 Å². The first kappa shape index (κ1) is 11.9. The van der Waals surface area contributed by atoms with E-state index < -0.39 is 0 Å². The Morgan fingerprint density at radius 3 is 2.42 bits per heavy atom. The lowest BCUT2D eigenvalue weighted by Crippen LogP contribution is -2.11. The molecule has 98 valence electrons. The smallest absolute Gasteiger partial charge is 0.145 e. The molecule has 0 spiro atoms. The highest BCUT2D eigenvalue weighted by molar-refractivity contribution is 5.59. The van der Waals surface area contributed by atoms with E-state index in [-0.39, 0.29) is 0 Å². The zero-order chi connectivity index (χ0) is 13.2. The Morgan fingerprint density at radius 1 is 1.11 bits per heavy atom. The van der Waals surface area contributed by atoms with Crippen LogP contribution < -0.4 is 16.6 Å². The fourth-order valence-electron chi connectivity index (χ4n) is 1.91. The monoisotopic (exact) mass is 255 g/mol. The Balaban J connectivity index is 1.86. The summed E-state index contributed by atoms with van der Waals surface area (Å²) in [6.07, 6.45) is 2.33. The van der Waals surface area contributed by atoms with E-state index in [1.54, 1.807) is 0 Å². The molecule has 1 aliphatic carbocycles. The van der Waals surface area contributed by atoms with Crippen LogP contribution in [0.25, 0.3) is 0 Å². The van der Waals surface area contributed by atoms with E-state index in [4.69, 9.17) is 5.84 Å². The molecule has 4 N–H and O–H groups in total. The fourth-order valence-corrected chi connectivity index (χ4v) is 1.91. The standard InChI is InChI=1S/C14H17N5/c1-9-2-6-11(7-3-9)16-12-8-13(19-15)18-14(17-12)10-4-5-10/h2-3,6-8,10H,4-5,15H2,1H3,(H2,16,17,18,19). The second kappa shape index (κ2) is 4.85. The summed E-state index contributed by atoms with van der Waals surface area (Å²) >= 11 is 0. The van der Waals surface area contributed by atoms with E-state index in [1.165, 1.54) is 5.56 Å². The molecule has 1 heterocycles. The summed E-state index contributed by atoms with van der Waals surface area (Å²) in [6, 6.07) is 10.0. The van der Waals surface area contributed by atoms with Gasteiger partial charge in [0.2, 0.25) is 0 Å². The van der Waals surface area contributed by atoms with Crippen LogP contribution in [0.3, 0.4) is 0 Å². The molecule has 1 saturated carbocycles. The number of anilines is 3. The number of rotatable bonds is 4. The first-order valence-corrected chi connectivity index (χ1v) is 6.44. The van der Waals surface area contributed by atoms with Gasteiger partial charge in [-0.25, -0.2) is 15.8 Å². The maximum Gasteiger partial charge on any atom is 0.145 e. The number of hydrazine groups is 1. The Labute approximate surface area is 112 Å². The van der Waals surface area contributed by atoms with E-state index in [1.807, 2.05) is 18.2 Å². The van der Waals surface area contributed by atoms with Crippen LogP contribution >= 0.6 is 0 Å². The maximum absolute atomic E-state index is 5.45. The molecule has 5 heteroatoms. The van der Waals surface area contributed by atoms with Gasteiger partial charge in [0, 0.05) is 17.7 Å². The number of hydrogen-bond donors (Lipinski definition) is 3. The van der Waals surface area contributed by atoms with Crippen molar-refractivity contribution >= 4 is 17.3 Å². The summed E-state index contributed by atoms with van der Waals surface area (Å²) in [5.41, 5.74) is 4.84. The average molecular weight is 255 g/mol. The van der Waals surface area contributed by atoms with Crippen LogP contribution in [-0.2, 0) is 0 Å². The molecule has 1 aliphatic rings. The SMILES string of the molecule is Cc1ccc(Nc2cc(NN)nc(C3CC3)n2)cc1. The molecule has 0 radical (unpaired) electrons. The van der Waals surface area contributed by atoms with Crippen LogP contribution in [0.2, 0.25) is 0 Å². The molecule has 0 unspecified atom stereocenters. The Kier molecular flexibility index (Phi) is 3.05. The van der Waals surface area contributed by atoms with Crippen LogP contribution in [0.5, 0.6) is 0 Å². The first-order valence-electron chi connectivity index (χ1n) is 6.44. The highest BCUT2D eigenvalue weighted by Crippen LogP contribution is 2.38. The van der Waals surface area contributed by atoms with Crippen molar-refractivity contribution in [1.29, 1.82) is 0 Å². The van der Waals surface area contributed by atoms with Gasteiger partial charge in [0.05, 0.1) is 0 Å². The Hall–Kier alpha value is -2.14. The highest BCUT2D eigenvalue weighted by Gasteiger charge is 2.27. The predicted molar refractivity (Wildman–Crippen MR) is 76.3 cm³/mol. The van der Waals surface area contributed by atoms with Crippen molar-refractivity contribution < 1.29 is 0 Å². The first-order chi connectivity index (χ1) is 9.24. The maximum atomic E-state index is 5.45. The topological polar surface area (TPSA) is 75.9 Å². The van der Waals surface area contributed by atoms with Crippen LogP contribution in [0.15, 0.2) is 30.3 Å². The fraction of sp³-hybridized carbons (Fsp3) is 0.286. The van der Waals surface area contributed by atoms with Crippen molar-refractivity contribution in [3.05, 3.63) is 41.7 Å². The summed E-state index contributed by atoms with van der Waals surface area (Å²) in [5.74, 6) is 8.23. The third-order valence-electron chi connectivity index (χ3n) is 3.16. The second-order valence-electron chi connectivity index (χ2n) is 4.91. The van der Waals surface area contributed by atoms with E-state index in [0.717, 1.165) is 30.2 Å². The third kappa shape index (κ3) is 2.82. The number of benzene rings is 1. The lowest BCUT2D eigenvalue weighted by atomic mass is 10.2. The molecule has 3 rings (SSSR count). The Bertz CT molecular complexity index is 575. The number of aromatic nitrogens is 2. The minimum atomic E-state index is 0.492. The van der Waals surface area contributed by atoms with E-state index in [2.05, 4.69) is 39.8 Å². The number of aryl methyl sites for hydroxylation is 1. The molecule has 2 aromatic rings. The minimum absolute atomic E-state index is 0.492. The van der Waals surface area contributed by atoms with Crippen LogP contribution in [0, 0.1) is 6.92 Å². The number of hydrogen-bond acceptors (Lipinski definition) is 5. The zero-order valence-corrected chi connectivity index (χ0v) is 10.9. The molecule has 1 aromatic heterocycles. The average Bonchev–Trinajstić information content (AvgIpc) is 3.25. The van der Waals surface area contributed by atoms with Gasteiger partial charge in [0.25, 0.3) is 0 Å². The summed E-state index contributed by atoms with van der Waals surface area (Å²) < 4.78 is 0. The molecule has 0 atom stereocenters. The lowest BCUT2D eigenvalue weighted by Gasteiger charge is -2.09. The van der Waals surface area contributed by atoms with Gasteiger partial charge in [-0.05, 0) is 31.9 Å². The van der Waals surface area contributed by atoms with Crippen molar-refractivity contribution in [1.82, 2.24) is 9.97 Å². The van der Waals surface area contributed by atoms with Gasteiger partial charge in [-0.1, -0.05) is 17.7 Å². The lowest BCUT2D eigenvalue weighted by molar-refractivity contribution is 0.929. The van der Waals surface area contributed by atoms with Crippen molar-refractivity contribution in [3.63, 3.8) is 0 Å². The van der Waals surface area contributed by atoms with Gasteiger partial charge in [-0.15, -0.1) is 0 Å². The normalized spacial score (nSPS) is 14.2. The quantitative estimate of drug-likeness (QED) is 0.578. The van der Waals surface area contributed by atoms with E-state index in [0.29, 0.717) is 11.7 Å². The molecule has 0 aliphatic heterocycles. The van der Waals surface area contributed by atoms with Gasteiger partial charge in [-0.2, -0.15) is 0 Å². The summed E-state index contributed by atoms with van der Waals surface area (Å²) in [6.45, 7) is 2.07. The van der Waals surface area contributed by atoms with Gasteiger partial charge < -0.3 is 10.7 Å². The summed E-state index contributed by atoms with van der Waals surface area (Å²) in [5, 5.41) is 3.28. The van der Waals surface area contributed by atoms with Crippen molar-refractivity contribution in [2.45, 2.75) is 25.7 Å². The Morgan fingerprint density at radius 2 is 1.79 bits per heavy atom. The van der Waals surface area contributed by atoms with Gasteiger partial charge >= 0.3 is 0 Å². The summed E-state index contributed by atoms with van der Waals surface area (Å²) in [7, 11) is 0. The molecular formula is C14H17N5. The highest BCUT2D eigenvalue weighted by atomic mass is 15.3. The van der Waals surface area contributed by atoms with Gasteiger partial charge in [0.15, 0.2) is 0 Å². The molecule has 1 aromatic carbocycles. The molecule has 0 bridgehead atoms. The molecule has 0 saturated heterocycles. The molecular weight excluding hydrogens is 238 g/mol. The summed E-state index contributed by atoms with van der Waals surface area (Å²) in [4.78, 5) is 8.93. The number of nitrogen functional groups attached to an aromatic ring is 1.